The van der Waals surface area contributed by atoms with E-state index in [1.807, 2.05) is 16.7 Å². The normalized spacial score (nSPS) is 21.7. The Morgan fingerprint density at radius 3 is 3.00 bits per heavy atom. The molecule has 2 atom stereocenters. The lowest BCUT2D eigenvalue weighted by Gasteiger charge is -2.35. The maximum absolute atomic E-state index is 12.2. The molecule has 5 heteroatoms. The van der Waals surface area contributed by atoms with Gasteiger partial charge in [0.25, 0.3) is 0 Å². The first-order valence-corrected chi connectivity index (χ1v) is 8.07. The second-order valence-electron chi connectivity index (χ2n) is 4.67. The van der Waals surface area contributed by atoms with E-state index in [1.165, 1.54) is 0 Å². The van der Waals surface area contributed by atoms with Gasteiger partial charge in [0, 0.05) is 12.6 Å². The van der Waals surface area contributed by atoms with E-state index in [0.717, 1.165) is 24.3 Å². The van der Waals surface area contributed by atoms with Crippen LogP contribution in [0, 0.1) is 0 Å². The van der Waals surface area contributed by atoms with Crippen LogP contribution in [0.1, 0.15) is 33.6 Å². The second-order valence-corrected chi connectivity index (χ2v) is 6.06. The van der Waals surface area contributed by atoms with Crippen LogP contribution in [-0.2, 0) is 4.74 Å². The van der Waals surface area contributed by atoms with Crippen LogP contribution in [0.3, 0.4) is 0 Å². The maximum atomic E-state index is 12.2. The number of ether oxygens (including phenoxy) is 1. The lowest BCUT2D eigenvalue weighted by atomic mass is 10.2. The number of nitrogens with zero attached hydrogens (tertiary/aromatic N) is 1. The molecular weight excluding hydrogens is 248 g/mol. The quantitative estimate of drug-likeness (QED) is 0.756. The molecule has 1 heterocycles. The lowest BCUT2D eigenvalue weighted by Crippen LogP contribution is -2.53. The van der Waals surface area contributed by atoms with Crippen LogP contribution >= 0.6 is 11.8 Å². The van der Waals surface area contributed by atoms with Gasteiger partial charge in [-0.15, -0.1) is 0 Å². The molecule has 1 aliphatic rings. The minimum atomic E-state index is 0.0687. The molecule has 0 unspecified atom stereocenters. The van der Waals surface area contributed by atoms with E-state index < -0.39 is 0 Å². The van der Waals surface area contributed by atoms with Gasteiger partial charge in [0.2, 0.25) is 0 Å². The molecule has 106 valence electrons. The molecule has 0 saturated carbocycles. The van der Waals surface area contributed by atoms with E-state index in [4.69, 9.17) is 4.74 Å². The van der Waals surface area contributed by atoms with Crippen LogP contribution in [0.5, 0.6) is 0 Å². The summed E-state index contributed by atoms with van der Waals surface area (Å²) in [6.07, 6.45) is 1.98. The molecule has 0 radical (unpaired) electrons. The van der Waals surface area contributed by atoms with Gasteiger partial charge in [0.05, 0.1) is 19.3 Å². The molecule has 18 heavy (non-hydrogen) atoms. The highest BCUT2D eigenvalue weighted by atomic mass is 32.2. The Balaban J connectivity index is 2.33. The van der Waals surface area contributed by atoms with E-state index >= 15 is 0 Å². The van der Waals surface area contributed by atoms with Crippen molar-refractivity contribution >= 4 is 17.8 Å². The van der Waals surface area contributed by atoms with Crippen molar-refractivity contribution in [2.45, 2.75) is 45.7 Å². The van der Waals surface area contributed by atoms with Crippen molar-refractivity contribution in [3.05, 3.63) is 0 Å². The largest absolute Gasteiger partial charge is 0.377 e. The third kappa shape index (κ3) is 5.06. The van der Waals surface area contributed by atoms with Crippen LogP contribution in [0.4, 0.5) is 4.79 Å². The molecule has 1 rings (SSSR count). The zero-order chi connectivity index (χ0) is 13.4. The third-order valence-corrected chi connectivity index (χ3v) is 4.16. The van der Waals surface area contributed by atoms with Crippen molar-refractivity contribution in [3.8, 4) is 0 Å². The smallest absolute Gasteiger partial charge is 0.318 e. The average Bonchev–Trinajstić information content (AvgIpc) is 2.39. The number of urea groups is 1. The minimum absolute atomic E-state index is 0.0687. The van der Waals surface area contributed by atoms with Crippen molar-refractivity contribution in [2.24, 2.45) is 0 Å². The molecule has 0 aliphatic carbocycles. The Bertz CT molecular complexity index is 251. The Kier molecular flexibility index (Phi) is 7.51. The van der Waals surface area contributed by atoms with Crippen LogP contribution in [0.15, 0.2) is 0 Å². The SMILES string of the molecule is CCSCC[C@H](C)NC(=O)N1CCOC[C@H]1CC. The van der Waals surface area contributed by atoms with Crippen molar-refractivity contribution in [1.82, 2.24) is 10.2 Å². The number of hydrogen-bond donors (Lipinski definition) is 1. The molecule has 1 fully saturated rings. The first-order chi connectivity index (χ1) is 8.69. The predicted octanol–water partition coefficient (Wildman–Crippen LogP) is 2.34. The fraction of sp³-hybridized carbons (Fsp3) is 0.923. The number of rotatable bonds is 6. The average molecular weight is 274 g/mol. The first-order valence-electron chi connectivity index (χ1n) is 6.91. The highest BCUT2D eigenvalue weighted by Crippen LogP contribution is 2.11. The molecule has 1 saturated heterocycles. The van der Waals surface area contributed by atoms with Gasteiger partial charge in [-0.1, -0.05) is 13.8 Å². The molecule has 0 spiro atoms. The highest BCUT2D eigenvalue weighted by molar-refractivity contribution is 7.99. The Labute approximate surface area is 115 Å². The van der Waals surface area contributed by atoms with Gasteiger partial charge in [-0.3, -0.25) is 0 Å². The summed E-state index contributed by atoms with van der Waals surface area (Å²) in [5, 5.41) is 3.09. The summed E-state index contributed by atoms with van der Waals surface area (Å²) in [6, 6.07) is 0.548. The summed E-state index contributed by atoms with van der Waals surface area (Å²) >= 11 is 1.92. The molecule has 0 aromatic heterocycles. The Hall–Kier alpha value is -0.420. The fourth-order valence-corrected chi connectivity index (χ4v) is 2.84. The summed E-state index contributed by atoms with van der Waals surface area (Å²) in [6.45, 7) is 8.37. The Morgan fingerprint density at radius 1 is 1.56 bits per heavy atom. The predicted molar refractivity (Wildman–Crippen MR) is 77.2 cm³/mol. The van der Waals surface area contributed by atoms with Gasteiger partial charge in [0.15, 0.2) is 0 Å². The van der Waals surface area contributed by atoms with Crippen LogP contribution in [0.2, 0.25) is 0 Å². The minimum Gasteiger partial charge on any atom is -0.377 e. The maximum Gasteiger partial charge on any atom is 0.318 e. The van der Waals surface area contributed by atoms with E-state index in [9.17, 15) is 4.79 Å². The number of carbonyl (C=O) groups is 1. The molecular formula is C13H26N2O2S. The van der Waals surface area contributed by atoms with Gasteiger partial charge in [-0.25, -0.2) is 4.79 Å². The number of nitrogens with one attached hydrogen (secondary N) is 1. The van der Waals surface area contributed by atoms with E-state index in [1.54, 1.807) is 0 Å². The molecule has 1 N–H and O–H groups in total. The number of carbonyl (C=O) groups excluding carboxylic acids is 1. The van der Waals surface area contributed by atoms with Gasteiger partial charge >= 0.3 is 6.03 Å². The monoisotopic (exact) mass is 274 g/mol. The van der Waals surface area contributed by atoms with E-state index in [-0.39, 0.29) is 18.1 Å². The molecule has 2 amide bonds. The standard InChI is InChI=1S/C13H26N2O2S/c1-4-12-10-17-8-7-15(12)13(16)14-11(3)6-9-18-5-2/h11-12H,4-10H2,1-3H3,(H,14,16)/t11-,12+/m0/s1. The molecule has 4 nitrogen and oxygen atoms in total. The summed E-state index contributed by atoms with van der Waals surface area (Å²) in [5.74, 6) is 2.25. The second kappa shape index (κ2) is 8.64. The zero-order valence-electron chi connectivity index (χ0n) is 11.8. The van der Waals surface area contributed by atoms with Crippen LogP contribution in [0.25, 0.3) is 0 Å². The molecule has 0 aromatic carbocycles. The lowest BCUT2D eigenvalue weighted by molar-refractivity contribution is 0.0108. The summed E-state index contributed by atoms with van der Waals surface area (Å²) < 4.78 is 5.41. The van der Waals surface area contributed by atoms with E-state index in [0.29, 0.717) is 19.8 Å². The zero-order valence-corrected chi connectivity index (χ0v) is 12.6. The number of amides is 2. The van der Waals surface area contributed by atoms with Crippen LogP contribution in [-0.4, -0.2) is 54.3 Å². The van der Waals surface area contributed by atoms with Gasteiger partial charge in [-0.05, 0) is 31.3 Å². The fourth-order valence-electron chi connectivity index (χ4n) is 2.03. The van der Waals surface area contributed by atoms with Crippen molar-refractivity contribution in [2.75, 3.05) is 31.3 Å². The summed E-state index contributed by atoms with van der Waals surface area (Å²) in [7, 11) is 0. The van der Waals surface area contributed by atoms with Crippen molar-refractivity contribution in [3.63, 3.8) is 0 Å². The number of thioether (sulfide) groups is 1. The third-order valence-electron chi connectivity index (χ3n) is 3.23. The summed E-state index contributed by atoms with van der Waals surface area (Å²) in [5.41, 5.74) is 0. The van der Waals surface area contributed by atoms with Crippen molar-refractivity contribution in [1.29, 1.82) is 0 Å². The van der Waals surface area contributed by atoms with Gasteiger partial charge in [0.1, 0.15) is 0 Å². The molecule has 0 aromatic rings. The molecule has 1 aliphatic heterocycles. The Morgan fingerprint density at radius 2 is 2.33 bits per heavy atom. The van der Waals surface area contributed by atoms with Gasteiger partial charge in [-0.2, -0.15) is 11.8 Å². The van der Waals surface area contributed by atoms with E-state index in [2.05, 4.69) is 26.1 Å². The topological polar surface area (TPSA) is 41.6 Å². The summed E-state index contributed by atoms with van der Waals surface area (Å²) in [4.78, 5) is 14.1. The number of hydrogen-bond acceptors (Lipinski definition) is 3. The number of morpholine rings is 1. The van der Waals surface area contributed by atoms with Gasteiger partial charge < -0.3 is 15.0 Å². The van der Waals surface area contributed by atoms with Crippen molar-refractivity contribution < 1.29 is 9.53 Å². The first kappa shape index (κ1) is 15.6. The highest BCUT2D eigenvalue weighted by Gasteiger charge is 2.26. The molecule has 0 bridgehead atoms. The van der Waals surface area contributed by atoms with Crippen LogP contribution < -0.4 is 5.32 Å².